The van der Waals surface area contributed by atoms with E-state index in [0.29, 0.717) is 6.42 Å². The topological polar surface area (TPSA) is 44.0 Å². The second-order valence-electron chi connectivity index (χ2n) is 1.54. The lowest BCUT2D eigenvalue weighted by molar-refractivity contribution is 0.183. The molecular formula is C6H9NO. The van der Waals surface area contributed by atoms with Gasteiger partial charge in [-0.05, 0) is 6.42 Å². The van der Waals surface area contributed by atoms with Crippen LogP contribution in [-0.2, 0) is 0 Å². The molecule has 0 fully saturated rings. The molecule has 0 spiro atoms. The minimum absolute atomic E-state index is 0.200. The maximum atomic E-state index is 8.76. The van der Waals surface area contributed by atoms with Crippen molar-refractivity contribution in [1.82, 2.24) is 0 Å². The zero-order valence-electron chi connectivity index (χ0n) is 4.67. The van der Waals surface area contributed by atoms with E-state index in [4.69, 9.17) is 10.4 Å². The summed E-state index contributed by atoms with van der Waals surface area (Å²) in [6.45, 7) is 3.41. The van der Waals surface area contributed by atoms with Crippen molar-refractivity contribution in [3.05, 3.63) is 12.7 Å². The largest absolute Gasteiger partial charge is 0.392 e. The lowest BCUT2D eigenvalue weighted by atomic mass is 10.2. The van der Waals surface area contributed by atoms with Crippen LogP contribution in [0, 0.1) is 11.3 Å². The van der Waals surface area contributed by atoms with Crippen LogP contribution in [0.25, 0.3) is 0 Å². The van der Waals surface area contributed by atoms with E-state index in [9.17, 15) is 0 Å². The van der Waals surface area contributed by atoms with Gasteiger partial charge in [-0.15, -0.1) is 6.58 Å². The van der Waals surface area contributed by atoms with E-state index in [1.165, 1.54) is 0 Å². The summed E-state index contributed by atoms with van der Waals surface area (Å²) in [6.07, 6.45) is 1.79. The van der Waals surface area contributed by atoms with Crippen molar-refractivity contribution in [3.8, 4) is 6.07 Å². The lowest BCUT2D eigenvalue weighted by Gasteiger charge is -1.97. The minimum atomic E-state index is -0.516. The Balaban J connectivity index is 3.20. The molecule has 2 heteroatoms. The first-order valence-corrected chi connectivity index (χ1v) is 2.47. The molecule has 0 aliphatic heterocycles. The number of hydrogen-bond acceptors (Lipinski definition) is 2. The van der Waals surface area contributed by atoms with Crippen molar-refractivity contribution in [2.24, 2.45) is 0 Å². The molecule has 0 aliphatic rings. The second kappa shape index (κ2) is 4.35. The summed E-state index contributed by atoms with van der Waals surface area (Å²) < 4.78 is 0. The molecule has 0 saturated heterocycles. The van der Waals surface area contributed by atoms with Gasteiger partial charge in [-0.25, -0.2) is 0 Å². The van der Waals surface area contributed by atoms with Gasteiger partial charge in [0.05, 0.1) is 18.6 Å². The lowest BCUT2D eigenvalue weighted by Crippen LogP contribution is -2.01. The second-order valence-corrected chi connectivity index (χ2v) is 1.54. The highest BCUT2D eigenvalue weighted by Crippen LogP contribution is 1.94. The average Bonchev–Trinajstić information content (AvgIpc) is 1.68. The minimum Gasteiger partial charge on any atom is -0.392 e. The fraction of sp³-hybridized carbons (Fsp3) is 0.500. The molecule has 0 aromatic heterocycles. The molecule has 0 aromatic carbocycles. The van der Waals surface area contributed by atoms with Gasteiger partial charge in [0.15, 0.2) is 0 Å². The van der Waals surface area contributed by atoms with Crippen molar-refractivity contribution in [2.45, 2.75) is 18.9 Å². The van der Waals surface area contributed by atoms with Crippen molar-refractivity contribution >= 4 is 0 Å². The Hall–Kier alpha value is -0.810. The molecule has 0 bridgehead atoms. The summed E-state index contributed by atoms with van der Waals surface area (Å²) in [5.41, 5.74) is 0. The van der Waals surface area contributed by atoms with E-state index in [0.717, 1.165) is 0 Å². The number of aliphatic hydroxyl groups is 1. The van der Waals surface area contributed by atoms with Crippen LogP contribution in [0.2, 0.25) is 0 Å². The van der Waals surface area contributed by atoms with Crippen LogP contribution in [-0.4, -0.2) is 11.2 Å². The van der Waals surface area contributed by atoms with Crippen LogP contribution >= 0.6 is 0 Å². The molecule has 8 heavy (non-hydrogen) atoms. The number of aliphatic hydroxyl groups excluding tert-OH is 1. The monoisotopic (exact) mass is 111 g/mol. The quantitative estimate of drug-likeness (QED) is 0.548. The summed E-state index contributed by atoms with van der Waals surface area (Å²) in [7, 11) is 0. The van der Waals surface area contributed by atoms with Crippen molar-refractivity contribution in [2.75, 3.05) is 0 Å². The maximum absolute atomic E-state index is 8.76. The third-order valence-electron chi connectivity index (χ3n) is 0.766. The first kappa shape index (κ1) is 7.19. The van der Waals surface area contributed by atoms with Crippen LogP contribution in [0.5, 0.6) is 0 Å². The maximum Gasteiger partial charge on any atom is 0.0704 e. The number of nitriles is 1. The van der Waals surface area contributed by atoms with Crippen LogP contribution in [0.3, 0.4) is 0 Å². The van der Waals surface area contributed by atoms with Gasteiger partial charge in [0.25, 0.3) is 0 Å². The molecule has 44 valence electrons. The normalized spacial score (nSPS) is 12.0. The Morgan fingerprint density at radius 1 is 1.88 bits per heavy atom. The predicted octanol–water partition coefficient (Wildman–Crippen LogP) is 0.837. The van der Waals surface area contributed by atoms with E-state index in [1.54, 1.807) is 6.08 Å². The van der Waals surface area contributed by atoms with E-state index in [2.05, 4.69) is 6.58 Å². The summed E-state index contributed by atoms with van der Waals surface area (Å²) in [5, 5.41) is 16.8. The Bertz CT molecular complexity index is 104. The third kappa shape index (κ3) is 3.38. The van der Waals surface area contributed by atoms with Gasteiger partial charge < -0.3 is 5.11 Å². The average molecular weight is 111 g/mol. The molecule has 0 amide bonds. The molecular weight excluding hydrogens is 102 g/mol. The number of hydrogen-bond donors (Lipinski definition) is 1. The van der Waals surface area contributed by atoms with Crippen molar-refractivity contribution in [3.63, 3.8) is 0 Å². The van der Waals surface area contributed by atoms with Gasteiger partial charge in [0, 0.05) is 0 Å². The Morgan fingerprint density at radius 2 is 2.50 bits per heavy atom. The third-order valence-corrected chi connectivity index (χ3v) is 0.766. The molecule has 0 aliphatic carbocycles. The highest BCUT2D eigenvalue weighted by atomic mass is 16.3. The zero-order valence-corrected chi connectivity index (χ0v) is 4.67. The van der Waals surface area contributed by atoms with Crippen molar-refractivity contribution < 1.29 is 5.11 Å². The summed E-state index contributed by atoms with van der Waals surface area (Å²) in [5.74, 6) is 0. The summed E-state index contributed by atoms with van der Waals surface area (Å²) >= 11 is 0. The van der Waals surface area contributed by atoms with Crippen LogP contribution in [0.15, 0.2) is 12.7 Å². The number of nitrogens with zero attached hydrogens (tertiary/aromatic N) is 1. The predicted molar refractivity (Wildman–Crippen MR) is 31.1 cm³/mol. The first-order chi connectivity index (χ1) is 3.81. The number of rotatable bonds is 3. The Labute approximate surface area is 49.1 Å². The van der Waals surface area contributed by atoms with E-state index in [1.807, 2.05) is 6.07 Å². The highest BCUT2D eigenvalue weighted by Gasteiger charge is 1.96. The van der Waals surface area contributed by atoms with Crippen LogP contribution in [0.1, 0.15) is 12.8 Å². The smallest absolute Gasteiger partial charge is 0.0704 e. The molecule has 0 unspecified atom stereocenters. The van der Waals surface area contributed by atoms with Gasteiger partial charge in [-0.3, -0.25) is 0 Å². The fourth-order valence-electron chi connectivity index (χ4n) is 0.381. The van der Waals surface area contributed by atoms with E-state index >= 15 is 0 Å². The van der Waals surface area contributed by atoms with Gasteiger partial charge in [0.2, 0.25) is 0 Å². The highest BCUT2D eigenvalue weighted by molar-refractivity contribution is 4.80. The van der Waals surface area contributed by atoms with Gasteiger partial charge in [0.1, 0.15) is 0 Å². The fourth-order valence-corrected chi connectivity index (χ4v) is 0.381. The molecule has 0 radical (unpaired) electrons. The zero-order chi connectivity index (χ0) is 6.41. The van der Waals surface area contributed by atoms with Crippen molar-refractivity contribution in [1.29, 1.82) is 5.26 Å². The molecule has 2 nitrogen and oxygen atoms in total. The SMILES string of the molecule is C=CC[C@@H](O)CC#N. The van der Waals surface area contributed by atoms with Gasteiger partial charge >= 0.3 is 0 Å². The van der Waals surface area contributed by atoms with Gasteiger partial charge in [-0.2, -0.15) is 5.26 Å². The van der Waals surface area contributed by atoms with Crippen LogP contribution < -0.4 is 0 Å². The molecule has 1 atom stereocenters. The van der Waals surface area contributed by atoms with E-state index < -0.39 is 6.10 Å². The Morgan fingerprint density at radius 3 is 2.88 bits per heavy atom. The molecule has 0 heterocycles. The van der Waals surface area contributed by atoms with E-state index in [-0.39, 0.29) is 6.42 Å². The van der Waals surface area contributed by atoms with Crippen LogP contribution in [0.4, 0.5) is 0 Å². The summed E-state index contributed by atoms with van der Waals surface area (Å²) in [6, 6.07) is 1.85. The molecule has 0 rings (SSSR count). The molecule has 0 saturated carbocycles. The molecule has 0 aromatic rings. The molecule has 1 N–H and O–H groups in total. The standard InChI is InChI=1S/C6H9NO/c1-2-3-6(8)4-5-7/h2,6,8H,1,3-4H2/t6-/m1/s1. The van der Waals surface area contributed by atoms with Gasteiger partial charge in [-0.1, -0.05) is 6.08 Å². The Kier molecular flexibility index (Phi) is 3.91. The summed E-state index contributed by atoms with van der Waals surface area (Å²) in [4.78, 5) is 0. The first-order valence-electron chi connectivity index (χ1n) is 2.47.